The van der Waals surface area contributed by atoms with Crippen molar-refractivity contribution in [2.75, 3.05) is 0 Å². The minimum Gasteiger partial charge on any atom is -0.300 e. The molecular formula is C13H17N3S. The van der Waals surface area contributed by atoms with Crippen LogP contribution in [0.5, 0.6) is 0 Å². The van der Waals surface area contributed by atoms with Crippen LogP contribution in [0.2, 0.25) is 0 Å². The number of aryl methyl sites for hydroxylation is 1. The van der Waals surface area contributed by atoms with Gasteiger partial charge < -0.3 is 5.32 Å². The van der Waals surface area contributed by atoms with E-state index in [0.29, 0.717) is 0 Å². The van der Waals surface area contributed by atoms with E-state index in [4.69, 9.17) is 0 Å². The molecule has 3 nitrogen and oxygen atoms in total. The Labute approximate surface area is 106 Å². The normalized spacial score (nSPS) is 11.7. The van der Waals surface area contributed by atoms with E-state index in [1.54, 1.807) is 11.3 Å². The molecule has 2 aromatic heterocycles. The number of rotatable bonds is 4. The average molecular weight is 247 g/mol. The number of nitrogens with zero attached hydrogens (tertiary/aromatic N) is 2. The molecule has 4 heteroatoms. The van der Waals surface area contributed by atoms with Gasteiger partial charge in [0.2, 0.25) is 0 Å². The number of nitrogens with one attached hydrogen (secondary N) is 1. The van der Waals surface area contributed by atoms with Crippen molar-refractivity contribution in [1.82, 2.24) is 15.3 Å². The molecule has 0 radical (unpaired) electrons. The van der Waals surface area contributed by atoms with Crippen LogP contribution in [-0.2, 0) is 12.1 Å². The molecule has 0 fully saturated rings. The van der Waals surface area contributed by atoms with Crippen LogP contribution in [0.15, 0.2) is 29.9 Å². The zero-order chi connectivity index (χ0) is 12.3. The van der Waals surface area contributed by atoms with Gasteiger partial charge in [0.25, 0.3) is 0 Å². The summed E-state index contributed by atoms with van der Waals surface area (Å²) in [4.78, 5) is 8.74. The highest BCUT2D eigenvalue weighted by molar-refractivity contribution is 7.09. The van der Waals surface area contributed by atoms with Crippen molar-refractivity contribution >= 4 is 11.3 Å². The van der Waals surface area contributed by atoms with Crippen molar-refractivity contribution in [3.8, 4) is 0 Å². The first-order valence-electron chi connectivity index (χ1n) is 5.65. The minimum atomic E-state index is -0.113. The van der Waals surface area contributed by atoms with Crippen LogP contribution < -0.4 is 5.32 Å². The lowest BCUT2D eigenvalue weighted by Crippen LogP contribution is -2.36. The Hall–Kier alpha value is -1.26. The third kappa shape index (κ3) is 2.90. The van der Waals surface area contributed by atoms with Crippen LogP contribution in [0.25, 0.3) is 0 Å². The predicted octanol–water partition coefficient (Wildman–Crippen LogP) is 2.87. The van der Waals surface area contributed by atoms with Gasteiger partial charge in [0.05, 0.1) is 11.2 Å². The Morgan fingerprint density at radius 1 is 1.29 bits per heavy atom. The molecule has 1 N–H and O–H groups in total. The molecule has 0 bridgehead atoms. The van der Waals surface area contributed by atoms with Crippen LogP contribution in [0.4, 0.5) is 0 Å². The minimum absolute atomic E-state index is 0.113. The monoisotopic (exact) mass is 247 g/mol. The Morgan fingerprint density at radius 3 is 2.76 bits per heavy atom. The molecule has 0 amide bonds. The lowest BCUT2D eigenvalue weighted by Gasteiger charge is -2.24. The van der Waals surface area contributed by atoms with Gasteiger partial charge in [0.1, 0.15) is 5.01 Å². The first-order valence-corrected chi connectivity index (χ1v) is 6.53. The highest BCUT2D eigenvalue weighted by atomic mass is 32.1. The summed E-state index contributed by atoms with van der Waals surface area (Å²) in [5.74, 6) is 0. The molecule has 90 valence electrons. The van der Waals surface area contributed by atoms with E-state index in [2.05, 4.69) is 42.1 Å². The van der Waals surface area contributed by atoms with Gasteiger partial charge in [-0.3, -0.25) is 4.98 Å². The van der Waals surface area contributed by atoms with Gasteiger partial charge >= 0.3 is 0 Å². The highest BCUT2D eigenvalue weighted by Crippen LogP contribution is 2.22. The molecule has 0 spiro atoms. The summed E-state index contributed by atoms with van der Waals surface area (Å²) < 4.78 is 0. The van der Waals surface area contributed by atoms with Crippen molar-refractivity contribution in [1.29, 1.82) is 0 Å². The van der Waals surface area contributed by atoms with Gasteiger partial charge in [-0.05, 0) is 32.4 Å². The summed E-state index contributed by atoms with van der Waals surface area (Å²) >= 11 is 1.68. The number of aromatic nitrogens is 2. The molecule has 0 aliphatic carbocycles. The third-order valence-electron chi connectivity index (χ3n) is 2.78. The largest absolute Gasteiger partial charge is 0.300 e. The van der Waals surface area contributed by atoms with Crippen LogP contribution in [0.1, 0.15) is 30.1 Å². The maximum Gasteiger partial charge on any atom is 0.112 e. The number of hydrogen-bond donors (Lipinski definition) is 1. The summed E-state index contributed by atoms with van der Waals surface area (Å²) in [6.45, 7) is 7.13. The molecule has 0 saturated heterocycles. The zero-order valence-corrected chi connectivity index (χ0v) is 11.2. The molecule has 0 unspecified atom stereocenters. The summed E-state index contributed by atoms with van der Waals surface area (Å²) in [5.41, 5.74) is 2.20. The summed E-state index contributed by atoms with van der Waals surface area (Å²) in [6, 6.07) is 4.05. The molecule has 0 atom stereocenters. The van der Waals surface area contributed by atoms with E-state index < -0.39 is 0 Å². The zero-order valence-electron chi connectivity index (χ0n) is 10.4. The summed E-state index contributed by atoms with van der Waals surface area (Å²) in [6.07, 6.45) is 3.68. The van der Waals surface area contributed by atoms with E-state index in [1.165, 1.54) is 5.56 Å². The van der Waals surface area contributed by atoms with E-state index in [1.807, 2.05) is 23.8 Å². The van der Waals surface area contributed by atoms with Crippen molar-refractivity contribution < 1.29 is 0 Å². The second-order valence-electron chi connectivity index (χ2n) is 4.58. The molecular weight excluding hydrogens is 230 g/mol. The van der Waals surface area contributed by atoms with Crippen LogP contribution >= 0.6 is 11.3 Å². The maximum atomic E-state index is 4.38. The van der Waals surface area contributed by atoms with Crippen LogP contribution in [-0.4, -0.2) is 9.97 Å². The average Bonchev–Trinajstić information content (AvgIpc) is 2.82. The van der Waals surface area contributed by atoms with E-state index in [0.717, 1.165) is 17.2 Å². The Kier molecular flexibility index (Phi) is 3.54. The van der Waals surface area contributed by atoms with Crippen molar-refractivity contribution in [3.05, 3.63) is 46.2 Å². The van der Waals surface area contributed by atoms with Gasteiger partial charge in [0.15, 0.2) is 0 Å². The molecule has 17 heavy (non-hydrogen) atoms. The molecule has 2 aromatic rings. The fourth-order valence-electron chi connectivity index (χ4n) is 1.62. The highest BCUT2D eigenvalue weighted by Gasteiger charge is 2.22. The maximum absolute atomic E-state index is 4.38. The number of hydrogen-bond acceptors (Lipinski definition) is 4. The van der Waals surface area contributed by atoms with Gasteiger partial charge in [0, 0.05) is 24.3 Å². The molecule has 0 aliphatic rings. The van der Waals surface area contributed by atoms with Crippen molar-refractivity contribution in [2.45, 2.75) is 32.9 Å². The Bertz CT molecular complexity index is 477. The second kappa shape index (κ2) is 4.94. The topological polar surface area (TPSA) is 37.8 Å². The lowest BCUT2D eigenvalue weighted by molar-refractivity contribution is 0.396. The first-order chi connectivity index (χ1) is 8.09. The van der Waals surface area contributed by atoms with Crippen molar-refractivity contribution in [2.24, 2.45) is 0 Å². The predicted molar refractivity (Wildman–Crippen MR) is 71.0 cm³/mol. The van der Waals surface area contributed by atoms with E-state index in [9.17, 15) is 0 Å². The van der Waals surface area contributed by atoms with Gasteiger partial charge in [-0.1, -0.05) is 6.07 Å². The molecule has 0 aromatic carbocycles. The molecule has 2 rings (SSSR count). The fourth-order valence-corrected chi connectivity index (χ4v) is 2.36. The van der Waals surface area contributed by atoms with Crippen molar-refractivity contribution in [3.63, 3.8) is 0 Å². The smallest absolute Gasteiger partial charge is 0.112 e. The van der Waals surface area contributed by atoms with Crippen LogP contribution in [0.3, 0.4) is 0 Å². The van der Waals surface area contributed by atoms with Gasteiger partial charge in [-0.2, -0.15) is 0 Å². The quantitative estimate of drug-likeness (QED) is 0.902. The summed E-state index contributed by atoms with van der Waals surface area (Å²) in [5, 5.41) is 6.61. The number of pyridine rings is 1. The Balaban J connectivity index is 2.06. The third-order valence-corrected chi connectivity index (χ3v) is 3.88. The van der Waals surface area contributed by atoms with Gasteiger partial charge in [-0.25, -0.2) is 4.98 Å². The van der Waals surface area contributed by atoms with Gasteiger partial charge in [-0.15, -0.1) is 11.3 Å². The molecule has 0 saturated carbocycles. The SMILES string of the molecule is Cc1cccnc1CNC(C)(C)c1nccs1. The number of thiazole rings is 1. The first kappa shape index (κ1) is 12.2. The van der Waals surface area contributed by atoms with Crippen LogP contribution in [0, 0.1) is 6.92 Å². The lowest BCUT2D eigenvalue weighted by atomic mass is 10.1. The van der Waals surface area contributed by atoms with E-state index >= 15 is 0 Å². The second-order valence-corrected chi connectivity index (χ2v) is 5.48. The Morgan fingerprint density at radius 2 is 2.12 bits per heavy atom. The fraction of sp³-hybridized carbons (Fsp3) is 0.385. The standard InChI is InChI=1S/C13H17N3S/c1-10-5-4-6-14-11(10)9-16-13(2,3)12-15-7-8-17-12/h4-8,16H,9H2,1-3H3. The molecule has 0 aliphatic heterocycles. The molecule has 2 heterocycles. The van der Waals surface area contributed by atoms with E-state index in [-0.39, 0.29) is 5.54 Å². The summed E-state index contributed by atoms with van der Waals surface area (Å²) in [7, 11) is 0.